The van der Waals surface area contributed by atoms with E-state index in [1.54, 1.807) is 12.4 Å². The van der Waals surface area contributed by atoms with Gasteiger partial charge in [0.15, 0.2) is 0 Å². The van der Waals surface area contributed by atoms with Crippen LogP contribution in [0.3, 0.4) is 0 Å². The largest absolute Gasteiger partial charge is 0.492 e. The Morgan fingerprint density at radius 2 is 2.03 bits per heavy atom. The van der Waals surface area contributed by atoms with Gasteiger partial charge in [-0.05, 0) is 43.4 Å². The Balaban J connectivity index is 1.34. The number of pyridine rings is 1. The van der Waals surface area contributed by atoms with E-state index in [1.807, 2.05) is 35.2 Å². The number of nitrogens with one attached hydrogen (secondary N) is 1. The molecule has 0 aliphatic carbocycles. The first kappa shape index (κ1) is 20.8. The van der Waals surface area contributed by atoms with Crippen LogP contribution in [0.4, 0.5) is 0 Å². The molecular formula is C23H29N3O3. The first-order valence-electron chi connectivity index (χ1n) is 10.3. The molecule has 6 heteroatoms. The summed E-state index contributed by atoms with van der Waals surface area (Å²) in [5.41, 5.74) is 1.28. The van der Waals surface area contributed by atoms with Crippen molar-refractivity contribution in [2.45, 2.75) is 32.1 Å². The molecule has 0 saturated carbocycles. The van der Waals surface area contributed by atoms with Gasteiger partial charge in [-0.15, -0.1) is 0 Å². The molecule has 0 bridgehead atoms. The minimum Gasteiger partial charge on any atom is -0.492 e. The zero-order chi connectivity index (χ0) is 20.3. The van der Waals surface area contributed by atoms with Crippen molar-refractivity contribution in [1.29, 1.82) is 0 Å². The number of likely N-dealkylation sites (tertiary alicyclic amines) is 1. The van der Waals surface area contributed by atoms with Crippen LogP contribution in [0.1, 0.15) is 31.2 Å². The highest BCUT2D eigenvalue weighted by molar-refractivity contribution is 5.83. The van der Waals surface area contributed by atoms with Crippen molar-refractivity contribution >= 4 is 11.8 Å². The number of carbonyl (C=O) groups is 2. The van der Waals surface area contributed by atoms with E-state index in [1.165, 1.54) is 5.56 Å². The Labute approximate surface area is 172 Å². The van der Waals surface area contributed by atoms with Gasteiger partial charge in [0.05, 0.1) is 18.7 Å². The number of piperidine rings is 1. The number of rotatable bonds is 10. The molecule has 1 fully saturated rings. The second-order valence-corrected chi connectivity index (χ2v) is 7.35. The highest BCUT2D eigenvalue weighted by Gasteiger charge is 2.29. The number of aromatic nitrogens is 1. The minimum absolute atomic E-state index is 0.0342. The summed E-state index contributed by atoms with van der Waals surface area (Å²) in [6, 6.07) is 14.0. The number of nitrogens with zero attached hydrogens (tertiary/aromatic N) is 2. The normalized spacial score (nSPS) is 16.5. The number of hydrogen-bond acceptors (Lipinski definition) is 4. The smallest absolute Gasteiger partial charge is 0.224 e. The van der Waals surface area contributed by atoms with Crippen molar-refractivity contribution < 1.29 is 14.3 Å². The summed E-state index contributed by atoms with van der Waals surface area (Å²) in [4.78, 5) is 30.5. The number of ether oxygens (including phenoxy) is 1. The second-order valence-electron chi connectivity index (χ2n) is 7.35. The number of amides is 2. The fourth-order valence-corrected chi connectivity index (χ4v) is 3.51. The molecule has 2 amide bonds. The average molecular weight is 396 g/mol. The number of aryl methyl sites for hydroxylation is 1. The molecule has 1 saturated heterocycles. The summed E-state index contributed by atoms with van der Waals surface area (Å²) in [6.45, 7) is 2.32. The Hall–Kier alpha value is -2.89. The SMILES string of the molecule is O=C(NCCCOc1cccnc1)[C@H]1CCC(=O)N(CCCc2ccccc2)C1. The molecule has 29 heavy (non-hydrogen) atoms. The fourth-order valence-electron chi connectivity index (χ4n) is 3.51. The number of carbonyl (C=O) groups excluding carboxylic acids is 2. The number of hydrogen-bond donors (Lipinski definition) is 1. The molecule has 0 spiro atoms. The van der Waals surface area contributed by atoms with Gasteiger partial charge in [0.2, 0.25) is 11.8 Å². The lowest BCUT2D eigenvalue weighted by Crippen LogP contribution is -2.46. The van der Waals surface area contributed by atoms with Crippen molar-refractivity contribution in [2.24, 2.45) is 5.92 Å². The van der Waals surface area contributed by atoms with Crippen LogP contribution in [0.2, 0.25) is 0 Å². The molecule has 1 aromatic heterocycles. The van der Waals surface area contributed by atoms with Crippen LogP contribution >= 0.6 is 0 Å². The van der Waals surface area contributed by atoms with Crippen LogP contribution in [0.25, 0.3) is 0 Å². The Morgan fingerprint density at radius 1 is 1.17 bits per heavy atom. The van der Waals surface area contributed by atoms with Crippen LogP contribution in [-0.4, -0.2) is 47.9 Å². The van der Waals surface area contributed by atoms with Gasteiger partial charge in [0.1, 0.15) is 5.75 Å². The summed E-state index contributed by atoms with van der Waals surface area (Å²) in [6.07, 6.45) is 7.04. The molecule has 154 valence electrons. The molecule has 0 radical (unpaired) electrons. The third-order valence-corrected chi connectivity index (χ3v) is 5.13. The molecule has 2 heterocycles. The van der Waals surface area contributed by atoms with Crippen LogP contribution in [0.5, 0.6) is 5.75 Å². The molecule has 1 aliphatic heterocycles. The van der Waals surface area contributed by atoms with Crippen LogP contribution in [-0.2, 0) is 16.0 Å². The molecule has 0 unspecified atom stereocenters. The quantitative estimate of drug-likeness (QED) is 0.628. The van der Waals surface area contributed by atoms with E-state index < -0.39 is 0 Å². The van der Waals surface area contributed by atoms with E-state index in [-0.39, 0.29) is 17.7 Å². The summed E-state index contributed by atoms with van der Waals surface area (Å²) in [5.74, 6) is 0.804. The van der Waals surface area contributed by atoms with Crippen molar-refractivity contribution in [3.63, 3.8) is 0 Å². The number of benzene rings is 1. The van der Waals surface area contributed by atoms with E-state index in [0.29, 0.717) is 39.1 Å². The van der Waals surface area contributed by atoms with E-state index in [0.717, 1.165) is 25.0 Å². The van der Waals surface area contributed by atoms with E-state index >= 15 is 0 Å². The van der Waals surface area contributed by atoms with Gasteiger partial charge in [-0.2, -0.15) is 0 Å². The maximum absolute atomic E-state index is 12.5. The Bertz CT molecular complexity index is 767. The van der Waals surface area contributed by atoms with Gasteiger partial charge in [-0.1, -0.05) is 30.3 Å². The van der Waals surface area contributed by atoms with Crippen LogP contribution in [0, 0.1) is 5.92 Å². The molecule has 1 N–H and O–H groups in total. The molecule has 2 aromatic rings. The summed E-state index contributed by atoms with van der Waals surface area (Å²) >= 11 is 0. The summed E-state index contributed by atoms with van der Waals surface area (Å²) in [7, 11) is 0. The van der Waals surface area contributed by atoms with Crippen molar-refractivity contribution in [2.75, 3.05) is 26.2 Å². The average Bonchev–Trinajstić information content (AvgIpc) is 2.76. The predicted molar refractivity (Wildman–Crippen MR) is 111 cm³/mol. The standard InChI is InChI=1S/C23H29N3O3/c27-22-12-11-20(18-26(22)15-5-9-19-7-2-1-3-8-19)23(28)25-14-6-16-29-21-10-4-13-24-17-21/h1-4,7-8,10,13,17,20H,5-6,9,11-12,14-16,18H2,(H,25,28)/t20-/m0/s1. The Morgan fingerprint density at radius 3 is 2.83 bits per heavy atom. The van der Waals surface area contributed by atoms with Gasteiger partial charge in [0, 0.05) is 32.3 Å². The van der Waals surface area contributed by atoms with Crippen molar-refractivity contribution in [3.05, 3.63) is 60.4 Å². The van der Waals surface area contributed by atoms with Gasteiger partial charge >= 0.3 is 0 Å². The van der Waals surface area contributed by atoms with E-state index in [2.05, 4.69) is 22.4 Å². The first-order chi connectivity index (χ1) is 14.2. The van der Waals surface area contributed by atoms with Crippen LogP contribution < -0.4 is 10.1 Å². The summed E-state index contributed by atoms with van der Waals surface area (Å²) < 4.78 is 5.58. The molecule has 3 rings (SSSR count). The minimum atomic E-state index is -0.122. The summed E-state index contributed by atoms with van der Waals surface area (Å²) in [5, 5.41) is 2.98. The third kappa shape index (κ3) is 6.89. The second kappa shape index (κ2) is 11.2. The third-order valence-electron chi connectivity index (χ3n) is 5.13. The lowest BCUT2D eigenvalue weighted by atomic mass is 9.96. The maximum Gasteiger partial charge on any atom is 0.224 e. The fraction of sp³-hybridized carbons (Fsp3) is 0.435. The zero-order valence-corrected chi connectivity index (χ0v) is 16.8. The van der Waals surface area contributed by atoms with E-state index in [9.17, 15) is 9.59 Å². The zero-order valence-electron chi connectivity index (χ0n) is 16.8. The van der Waals surface area contributed by atoms with Crippen LogP contribution in [0.15, 0.2) is 54.9 Å². The van der Waals surface area contributed by atoms with Gasteiger partial charge in [-0.3, -0.25) is 14.6 Å². The Kier molecular flexibility index (Phi) is 8.04. The lowest BCUT2D eigenvalue weighted by Gasteiger charge is -2.32. The topological polar surface area (TPSA) is 71.5 Å². The van der Waals surface area contributed by atoms with E-state index in [4.69, 9.17) is 4.74 Å². The molecule has 6 nitrogen and oxygen atoms in total. The van der Waals surface area contributed by atoms with Gasteiger partial charge < -0.3 is 15.0 Å². The van der Waals surface area contributed by atoms with Gasteiger partial charge in [0.25, 0.3) is 0 Å². The maximum atomic E-state index is 12.5. The molecule has 1 atom stereocenters. The molecule has 1 aromatic carbocycles. The van der Waals surface area contributed by atoms with Crippen molar-refractivity contribution in [3.8, 4) is 5.75 Å². The molecule has 1 aliphatic rings. The molecular weight excluding hydrogens is 366 g/mol. The highest BCUT2D eigenvalue weighted by atomic mass is 16.5. The van der Waals surface area contributed by atoms with Gasteiger partial charge in [-0.25, -0.2) is 0 Å². The lowest BCUT2D eigenvalue weighted by molar-refractivity contribution is -0.138. The predicted octanol–water partition coefficient (Wildman–Crippen LogP) is 2.84. The first-order valence-corrected chi connectivity index (χ1v) is 10.3. The monoisotopic (exact) mass is 395 g/mol. The van der Waals surface area contributed by atoms with Crippen molar-refractivity contribution in [1.82, 2.24) is 15.2 Å². The highest BCUT2D eigenvalue weighted by Crippen LogP contribution is 2.18.